The highest BCUT2D eigenvalue weighted by molar-refractivity contribution is 5.81. The number of carboxylic acid groups (broad SMARTS) is 1. The third kappa shape index (κ3) is 4.56. The molecule has 0 saturated heterocycles. The lowest BCUT2D eigenvalue weighted by Gasteiger charge is -2.40. The molecule has 4 nitrogen and oxygen atoms in total. The molecule has 0 bridgehead atoms. The highest BCUT2D eigenvalue weighted by Crippen LogP contribution is 2.34. The van der Waals surface area contributed by atoms with Crippen molar-refractivity contribution in [1.29, 1.82) is 0 Å². The lowest BCUT2D eigenvalue weighted by Crippen LogP contribution is -2.56. The minimum absolute atomic E-state index is 0.123. The van der Waals surface area contributed by atoms with Crippen molar-refractivity contribution in [3.05, 3.63) is 35.6 Å². The second-order valence-electron chi connectivity index (χ2n) is 7.11. The summed E-state index contributed by atoms with van der Waals surface area (Å²) in [5, 5.41) is 12.4. The van der Waals surface area contributed by atoms with Gasteiger partial charge in [-0.05, 0) is 50.3 Å². The number of nitrogens with one attached hydrogen (secondary N) is 1. The predicted molar refractivity (Wildman–Crippen MR) is 90.0 cm³/mol. The summed E-state index contributed by atoms with van der Waals surface area (Å²) in [6.07, 6.45) is 4.32. The fourth-order valence-corrected chi connectivity index (χ4v) is 3.49. The summed E-state index contributed by atoms with van der Waals surface area (Å²) in [6, 6.07) is 6.38. The third-order valence-corrected chi connectivity index (χ3v) is 5.12. The van der Waals surface area contributed by atoms with Gasteiger partial charge in [0, 0.05) is 5.92 Å². The molecule has 132 valence electrons. The van der Waals surface area contributed by atoms with Gasteiger partial charge in [-0.3, -0.25) is 9.59 Å². The maximum atomic E-state index is 13.2. The molecular formula is C19H26FNO3. The third-order valence-electron chi connectivity index (χ3n) is 5.12. The number of carbonyl (C=O) groups excluding carboxylic acids is 1. The molecule has 5 heteroatoms. The molecule has 1 amide bonds. The van der Waals surface area contributed by atoms with Gasteiger partial charge in [-0.25, -0.2) is 4.39 Å². The van der Waals surface area contributed by atoms with E-state index in [1.165, 1.54) is 12.1 Å². The van der Waals surface area contributed by atoms with E-state index in [1.807, 2.05) is 19.9 Å². The molecule has 1 aliphatic rings. The van der Waals surface area contributed by atoms with Gasteiger partial charge in [0.2, 0.25) is 5.91 Å². The van der Waals surface area contributed by atoms with E-state index in [2.05, 4.69) is 5.32 Å². The Morgan fingerprint density at radius 3 is 2.83 bits per heavy atom. The topological polar surface area (TPSA) is 66.4 Å². The van der Waals surface area contributed by atoms with Crippen LogP contribution in [-0.2, 0) is 16.0 Å². The van der Waals surface area contributed by atoms with Gasteiger partial charge >= 0.3 is 5.97 Å². The molecule has 0 radical (unpaired) electrons. The second-order valence-corrected chi connectivity index (χ2v) is 7.11. The Labute approximate surface area is 142 Å². The summed E-state index contributed by atoms with van der Waals surface area (Å²) < 4.78 is 13.2. The van der Waals surface area contributed by atoms with Crippen LogP contribution in [-0.4, -0.2) is 22.5 Å². The number of benzene rings is 1. The zero-order chi connectivity index (χ0) is 17.7. The Bertz CT molecular complexity index is 604. The van der Waals surface area contributed by atoms with Crippen LogP contribution in [0.3, 0.4) is 0 Å². The van der Waals surface area contributed by atoms with E-state index in [-0.39, 0.29) is 17.6 Å². The Morgan fingerprint density at radius 1 is 1.42 bits per heavy atom. The Kier molecular flexibility index (Phi) is 5.97. The minimum Gasteiger partial charge on any atom is -0.481 e. The number of carboxylic acids is 1. The van der Waals surface area contributed by atoms with Crippen LogP contribution in [0.25, 0.3) is 0 Å². The molecule has 3 unspecified atom stereocenters. The van der Waals surface area contributed by atoms with Crippen molar-refractivity contribution in [1.82, 2.24) is 5.32 Å². The normalized spacial score (nSPS) is 25.0. The number of amides is 1. The number of hydrogen-bond acceptors (Lipinski definition) is 2. The molecule has 24 heavy (non-hydrogen) atoms. The van der Waals surface area contributed by atoms with Crippen molar-refractivity contribution in [2.24, 2.45) is 11.8 Å². The van der Waals surface area contributed by atoms with Gasteiger partial charge < -0.3 is 10.4 Å². The molecular weight excluding hydrogens is 309 g/mol. The minimum atomic E-state index is -0.843. The Morgan fingerprint density at radius 2 is 2.17 bits per heavy atom. The van der Waals surface area contributed by atoms with Crippen LogP contribution in [0.5, 0.6) is 0 Å². The van der Waals surface area contributed by atoms with Gasteiger partial charge in [-0.2, -0.15) is 0 Å². The van der Waals surface area contributed by atoms with Gasteiger partial charge in [0.1, 0.15) is 5.82 Å². The molecule has 3 atom stereocenters. The number of halogens is 1. The maximum absolute atomic E-state index is 13.2. The van der Waals surface area contributed by atoms with Crippen molar-refractivity contribution in [3.8, 4) is 0 Å². The summed E-state index contributed by atoms with van der Waals surface area (Å²) >= 11 is 0. The molecule has 1 aromatic rings. The van der Waals surface area contributed by atoms with Crippen molar-refractivity contribution >= 4 is 11.9 Å². The lowest BCUT2D eigenvalue weighted by atomic mass is 9.73. The van der Waals surface area contributed by atoms with Crippen LogP contribution in [0.2, 0.25) is 0 Å². The zero-order valence-electron chi connectivity index (χ0n) is 14.3. The molecule has 1 aromatic carbocycles. The molecule has 0 heterocycles. The molecule has 0 aliphatic heterocycles. The first-order valence-electron chi connectivity index (χ1n) is 8.61. The van der Waals surface area contributed by atoms with Gasteiger partial charge in [0.05, 0.1) is 11.5 Å². The van der Waals surface area contributed by atoms with Gasteiger partial charge in [0.25, 0.3) is 0 Å². The quantitative estimate of drug-likeness (QED) is 0.835. The van der Waals surface area contributed by atoms with Crippen molar-refractivity contribution in [3.63, 3.8) is 0 Å². The largest absolute Gasteiger partial charge is 0.481 e. The predicted octanol–water partition coefficient (Wildman–Crippen LogP) is 3.54. The molecule has 0 aromatic heterocycles. The van der Waals surface area contributed by atoms with E-state index >= 15 is 0 Å². The first kappa shape index (κ1) is 18.4. The van der Waals surface area contributed by atoms with E-state index in [0.29, 0.717) is 25.7 Å². The maximum Gasteiger partial charge on any atom is 0.308 e. The Balaban J connectivity index is 1.93. The summed E-state index contributed by atoms with van der Waals surface area (Å²) in [6.45, 7) is 3.67. The molecule has 1 fully saturated rings. The van der Waals surface area contributed by atoms with E-state index in [1.54, 1.807) is 6.07 Å². The fourth-order valence-electron chi connectivity index (χ4n) is 3.49. The number of aryl methyl sites for hydroxylation is 1. The molecule has 2 rings (SSSR count). The highest BCUT2D eigenvalue weighted by Gasteiger charge is 2.42. The summed E-state index contributed by atoms with van der Waals surface area (Å²) in [5.41, 5.74) is 0.177. The standard InChI is InChI=1S/C19H26FNO3/c1-13(9-10-14-6-5-7-15(20)12-14)17(22)21-19(2)11-4-3-8-16(19)18(23)24/h5-7,12-13,16H,3-4,8-11H2,1-2H3,(H,21,22)(H,23,24). The van der Waals surface area contributed by atoms with Crippen LogP contribution in [0.4, 0.5) is 4.39 Å². The molecule has 0 spiro atoms. The average Bonchev–Trinajstić information content (AvgIpc) is 2.52. The smallest absolute Gasteiger partial charge is 0.308 e. The molecule has 2 N–H and O–H groups in total. The van der Waals surface area contributed by atoms with Crippen LogP contribution >= 0.6 is 0 Å². The number of aliphatic carboxylic acids is 1. The summed E-state index contributed by atoms with van der Waals surface area (Å²) in [7, 11) is 0. The molecule has 1 saturated carbocycles. The SMILES string of the molecule is CC(CCc1cccc(F)c1)C(=O)NC1(C)CCCCC1C(=O)O. The summed E-state index contributed by atoms with van der Waals surface area (Å²) in [4.78, 5) is 24.0. The average molecular weight is 335 g/mol. The lowest BCUT2D eigenvalue weighted by molar-refractivity contribution is -0.147. The first-order valence-corrected chi connectivity index (χ1v) is 8.61. The second kappa shape index (κ2) is 7.77. The van der Waals surface area contributed by atoms with Crippen LogP contribution in [0.1, 0.15) is 51.5 Å². The van der Waals surface area contributed by atoms with Crippen molar-refractivity contribution in [2.75, 3.05) is 0 Å². The van der Waals surface area contributed by atoms with Gasteiger partial charge in [0.15, 0.2) is 0 Å². The number of hydrogen-bond donors (Lipinski definition) is 2. The van der Waals surface area contributed by atoms with Crippen LogP contribution < -0.4 is 5.32 Å². The van der Waals surface area contributed by atoms with Gasteiger partial charge in [-0.1, -0.05) is 31.9 Å². The van der Waals surface area contributed by atoms with E-state index in [4.69, 9.17) is 0 Å². The van der Waals surface area contributed by atoms with E-state index in [0.717, 1.165) is 18.4 Å². The number of carbonyl (C=O) groups is 2. The van der Waals surface area contributed by atoms with E-state index < -0.39 is 17.4 Å². The van der Waals surface area contributed by atoms with Crippen molar-refractivity contribution in [2.45, 2.75) is 57.9 Å². The van der Waals surface area contributed by atoms with Crippen molar-refractivity contribution < 1.29 is 19.1 Å². The van der Waals surface area contributed by atoms with Crippen LogP contribution in [0.15, 0.2) is 24.3 Å². The fraction of sp³-hybridized carbons (Fsp3) is 0.579. The van der Waals surface area contributed by atoms with Gasteiger partial charge in [-0.15, -0.1) is 0 Å². The molecule has 1 aliphatic carbocycles. The monoisotopic (exact) mass is 335 g/mol. The summed E-state index contributed by atoms with van der Waals surface area (Å²) in [5.74, 6) is -2.03. The Hall–Kier alpha value is -1.91. The number of rotatable bonds is 6. The first-order chi connectivity index (χ1) is 11.3. The highest BCUT2D eigenvalue weighted by atomic mass is 19.1. The van der Waals surface area contributed by atoms with E-state index in [9.17, 15) is 19.1 Å². The zero-order valence-corrected chi connectivity index (χ0v) is 14.3. The van der Waals surface area contributed by atoms with Crippen LogP contribution in [0, 0.1) is 17.7 Å².